The zero-order valence-electron chi connectivity index (χ0n) is 15.2. The van der Waals surface area contributed by atoms with Crippen molar-refractivity contribution in [2.24, 2.45) is 5.41 Å². The second kappa shape index (κ2) is 7.05. The van der Waals surface area contributed by atoms with Crippen molar-refractivity contribution in [3.8, 4) is 0 Å². The van der Waals surface area contributed by atoms with E-state index in [9.17, 15) is 14.0 Å². The molecule has 132 valence electrons. The van der Waals surface area contributed by atoms with Crippen molar-refractivity contribution in [1.29, 1.82) is 0 Å². The molecule has 25 heavy (non-hydrogen) atoms. The van der Waals surface area contributed by atoms with E-state index in [4.69, 9.17) is 0 Å². The molecule has 0 radical (unpaired) electrons. The summed E-state index contributed by atoms with van der Waals surface area (Å²) in [4.78, 5) is 25.2. The fraction of sp³-hybridized carbons (Fsp3) is 0.300. The number of halogens is 1. The van der Waals surface area contributed by atoms with Crippen LogP contribution in [0.5, 0.6) is 0 Å². The van der Waals surface area contributed by atoms with Crippen molar-refractivity contribution in [2.75, 3.05) is 10.6 Å². The Bertz CT molecular complexity index is 788. The average Bonchev–Trinajstić information content (AvgIpc) is 2.52. The number of benzene rings is 2. The van der Waals surface area contributed by atoms with Crippen LogP contribution in [-0.4, -0.2) is 11.8 Å². The predicted octanol–water partition coefficient (Wildman–Crippen LogP) is 4.35. The summed E-state index contributed by atoms with van der Waals surface area (Å²) in [7, 11) is 0. The molecule has 0 aliphatic heterocycles. The molecule has 2 aromatic carbocycles. The van der Waals surface area contributed by atoms with Gasteiger partial charge in [0.05, 0.1) is 0 Å². The van der Waals surface area contributed by atoms with Gasteiger partial charge in [-0.1, -0.05) is 17.7 Å². The first-order valence-electron chi connectivity index (χ1n) is 8.07. The molecule has 0 atom stereocenters. The lowest BCUT2D eigenvalue weighted by atomic mass is 9.90. The van der Waals surface area contributed by atoms with E-state index >= 15 is 0 Å². The number of carbonyl (C=O) groups excluding carboxylic acids is 2. The molecule has 0 heterocycles. The van der Waals surface area contributed by atoms with Crippen LogP contribution in [-0.2, 0) is 9.59 Å². The molecule has 0 spiro atoms. The molecule has 2 amide bonds. The lowest BCUT2D eigenvalue weighted by Gasteiger charge is -2.24. The molecule has 0 fully saturated rings. The maximum Gasteiger partial charge on any atom is 0.239 e. The molecule has 4 nitrogen and oxygen atoms in total. The minimum Gasteiger partial charge on any atom is -0.325 e. The van der Waals surface area contributed by atoms with Gasteiger partial charge in [-0.2, -0.15) is 0 Å². The number of amides is 2. The van der Waals surface area contributed by atoms with E-state index in [2.05, 4.69) is 10.6 Å². The number of aryl methyl sites for hydroxylation is 3. The zero-order chi connectivity index (χ0) is 18.8. The molecule has 0 saturated heterocycles. The zero-order valence-corrected chi connectivity index (χ0v) is 15.2. The number of rotatable bonds is 4. The van der Waals surface area contributed by atoms with Crippen LogP contribution in [0.2, 0.25) is 0 Å². The Labute approximate surface area is 147 Å². The van der Waals surface area contributed by atoms with Crippen LogP contribution in [0.3, 0.4) is 0 Å². The molecule has 0 saturated carbocycles. The fourth-order valence-electron chi connectivity index (χ4n) is 2.57. The molecule has 0 aromatic heterocycles. The van der Waals surface area contributed by atoms with Crippen molar-refractivity contribution < 1.29 is 14.0 Å². The van der Waals surface area contributed by atoms with Crippen molar-refractivity contribution in [2.45, 2.75) is 34.6 Å². The third-order valence-electron chi connectivity index (χ3n) is 4.15. The van der Waals surface area contributed by atoms with Gasteiger partial charge in [-0.3, -0.25) is 9.59 Å². The maximum absolute atomic E-state index is 13.0. The van der Waals surface area contributed by atoms with Gasteiger partial charge in [0, 0.05) is 11.4 Å². The summed E-state index contributed by atoms with van der Waals surface area (Å²) < 4.78 is 13.0. The van der Waals surface area contributed by atoms with Gasteiger partial charge < -0.3 is 10.6 Å². The smallest absolute Gasteiger partial charge is 0.239 e. The first-order chi connectivity index (χ1) is 11.6. The minimum absolute atomic E-state index is 0.389. The van der Waals surface area contributed by atoms with E-state index in [-0.39, 0.29) is 5.82 Å². The lowest BCUT2D eigenvalue weighted by Crippen LogP contribution is -2.41. The summed E-state index contributed by atoms with van der Waals surface area (Å²) in [5, 5.41) is 5.51. The van der Waals surface area contributed by atoms with Gasteiger partial charge >= 0.3 is 0 Å². The summed E-state index contributed by atoms with van der Waals surface area (Å²) in [6.07, 6.45) is 0. The Kier molecular flexibility index (Phi) is 5.26. The number of anilines is 2. The summed E-state index contributed by atoms with van der Waals surface area (Å²) in [5.74, 6) is -1.25. The predicted molar refractivity (Wildman–Crippen MR) is 98.1 cm³/mol. The van der Waals surface area contributed by atoms with Crippen LogP contribution in [0.1, 0.15) is 30.5 Å². The van der Waals surface area contributed by atoms with E-state index in [0.717, 1.165) is 22.4 Å². The van der Waals surface area contributed by atoms with Gasteiger partial charge in [0.25, 0.3) is 0 Å². The summed E-state index contributed by atoms with van der Waals surface area (Å²) in [6.45, 7) is 8.94. The number of nitrogens with one attached hydrogen (secondary N) is 2. The normalized spacial score (nSPS) is 11.1. The molecule has 0 unspecified atom stereocenters. The molecular formula is C20H23FN2O2. The minimum atomic E-state index is -1.29. The lowest BCUT2D eigenvalue weighted by molar-refractivity contribution is -0.135. The largest absolute Gasteiger partial charge is 0.325 e. The second-order valence-electron chi connectivity index (χ2n) is 6.81. The molecule has 5 heteroatoms. The molecule has 0 aliphatic rings. The van der Waals surface area contributed by atoms with E-state index in [0.29, 0.717) is 5.69 Å². The van der Waals surface area contributed by atoms with Crippen molar-refractivity contribution >= 4 is 23.2 Å². The van der Waals surface area contributed by atoms with Gasteiger partial charge in [0.2, 0.25) is 11.8 Å². The quantitative estimate of drug-likeness (QED) is 0.811. The first kappa shape index (κ1) is 18.6. The first-order valence-corrected chi connectivity index (χ1v) is 8.07. The van der Waals surface area contributed by atoms with Gasteiger partial charge in [0.15, 0.2) is 0 Å². The van der Waals surface area contributed by atoms with Crippen LogP contribution in [0, 0.1) is 32.0 Å². The van der Waals surface area contributed by atoms with E-state index in [1.807, 2.05) is 32.9 Å². The van der Waals surface area contributed by atoms with Gasteiger partial charge in [-0.15, -0.1) is 0 Å². The number of hydrogen-bond acceptors (Lipinski definition) is 2. The Hall–Kier alpha value is -2.69. The van der Waals surface area contributed by atoms with E-state index in [1.54, 1.807) is 13.8 Å². The monoisotopic (exact) mass is 342 g/mol. The van der Waals surface area contributed by atoms with Gasteiger partial charge in [-0.25, -0.2) is 4.39 Å². The standard InChI is InChI=1S/C20H23FN2O2/c1-12-10-13(2)17(14(3)11-12)23-19(25)20(4,5)18(24)22-16-8-6-15(21)7-9-16/h6-11H,1-5H3,(H,22,24)(H,23,25). The topological polar surface area (TPSA) is 58.2 Å². The maximum atomic E-state index is 13.0. The molecule has 0 aliphatic carbocycles. The molecule has 2 rings (SSSR count). The summed E-state index contributed by atoms with van der Waals surface area (Å²) in [6, 6.07) is 9.37. The third-order valence-corrected chi connectivity index (χ3v) is 4.15. The molecular weight excluding hydrogens is 319 g/mol. The van der Waals surface area contributed by atoms with Crippen molar-refractivity contribution in [3.63, 3.8) is 0 Å². The highest BCUT2D eigenvalue weighted by Crippen LogP contribution is 2.26. The SMILES string of the molecule is Cc1cc(C)c(NC(=O)C(C)(C)C(=O)Nc2ccc(F)cc2)c(C)c1. The Balaban J connectivity index is 2.16. The number of hydrogen-bond donors (Lipinski definition) is 2. The Morgan fingerprint density at radius 1 is 0.880 bits per heavy atom. The van der Waals surface area contributed by atoms with Gasteiger partial charge in [-0.05, 0) is 70.0 Å². The van der Waals surface area contributed by atoms with Crippen LogP contribution < -0.4 is 10.6 Å². The Morgan fingerprint density at radius 3 is 1.88 bits per heavy atom. The van der Waals surface area contributed by atoms with E-state index < -0.39 is 17.2 Å². The highest BCUT2D eigenvalue weighted by molar-refractivity contribution is 6.14. The molecule has 2 N–H and O–H groups in total. The summed E-state index contributed by atoms with van der Waals surface area (Å²) in [5.41, 5.74) is 2.87. The van der Waals surface area contributed by atoms with Gasteiger partial charge in [0.1, 0.15) is 11.2 Å². The highest BCUT2D eigenvalue weighted by atomic mass is 19.1. The molecule has 2 aromatic rings. The Morgan fingerprint density at radius 2 is 1.36 bits per heavy atom. The third kappa shape index (κ3) is 4.24. The fourth-order valence-corrected chi connectivity index (χ4v) is 2.57. The van der Waals surface area contributed by atoms with Crippen molar-refractivity contribution in [1.82, 2.24) is 0 Å². The van der Waals surface area contributed by atoms with Crippen LogP contribution in [0.25, 0.3) is 0 Å². The summed E-state index contributed by atoms with van der Waals surface area (Å²) >= 11 is 0. The van der Waals surface area contributed by atoms with Crippen LogP contribution in [0.15, 0.2) is 36.4 Å². The average molecular weight is 342 g/mol. The second-order valence-corrected chi connectivity index (χ2v) is 6.81. The van der Waals surface area contributed by atoms with E-state index in [1.165, 1.54) is 24.3 Å². The highest BCUT2D eigenvalue weighted by Gasteiger charge is 2.36. The van der Waals surface area contributed by atoms with Crippen molar-refractivity contribution in [3.05, 3.63) is 58.9 Å². The molecule has 0 bridgehead atoms. The van der Waals surface area contributed by atoms with Crippen LogP contribution >= 0.6 is 0 Å². The number of carbonyl (C=O) groups is 2. The van der Waals surface area contributed by atoms with Crippen LogP contribution in [0.4, 0.5) is 15.8 Å².